The first-order chi connectivity index (χ1) is 0. The third kappa shape index (κ3) is 8.99. The zero-order valence-corrected chi connectivity index (χ0v) is 2.72. The van der Waals surface area contributed by atoms with Crippen molar-refractivity contribution < 1.29 is 0 Å². The zero-order chi connectivity index (χ0) is 0. The second-order valence-corrected chi connectivity index (χ2v) is 0. The van der Waals surface area contributed by atoms with Gasteiger partial charge in [0.05, 0.1) is 0 Å². The van der Waals surface area contributed by atoms with Gasteiger partial charge < -0.3 is 0 Å². The second kappa shape index (κ2) is 16.3. The van der Waals surface area contributed by atoms with Crippen LogP contribution in [0.4, 0.5) is 0 Å². The van der Waals surface area contributed by atoms with Gasteiger partial charge in [0, 0.05) is 0 Å². The standard InChI is InChI=1S/ClH.K.Na.H2S.2H/h1H;;;1H2;;. The molecule has 4 heteroatoms. The molecular weight excluding hydrogens is 130 g/mol. The van der Waals surface area contributed by atoms with Crippen LogP contribution in [-0.2, 0) is 0 Å². The van der Waals surface area contributed by atoms with Gasteiger partial charge in [-0.1, -0.05) is 0 Å². The van der Waals surface area contributed by atoms with Crippen molar-refractivity contribution in [2.75, 3.05) is 0 Å². The van der Waals surface area contributed by atoms with Crippen LogP contribution in [0.15, 0.2) is 0 Å². The Morgan fingerprint density at radius 3 is 1.00 bits per heavy atom. The van der Waals surface area contributed by atoms with Gasteiger partial charge in [-0.15, -0.1) is 12.4 Å². The fourth-order valence-electron chi connectivity index (χ4n) is 0. The van der Waals surface area contributed by atoms with Crippen molar-refractivity contribution in [2.24, 2.45) is 0 Å². The average molecular weight is 135 g/mol. The summed E-state index contributed by atoms with van der Waals surface area (Å²) in [5.74, 6) is 0. The third-order valence-electron chi connectivity index (χ3n) is 0. The Balaban J connectivity index is 0. The van der Waals surface area contributed by atoms with Crippen LogP contribution in [0.3, 0.4) is 0 Å². The van der Waals surface area contributed by atoms with E-state index in [0.29, 0.717) is 0 Å². The number of hydrogen-bond donors (Lipinski definition) is 0. The Morgan fingerprint density at radius 1 is 1.00 bits per heavy atom. The summed E-state index contributed by atoms with van der Waals surface area (Å²) < 4.78 is 0. The van der Waals surface area contributed by atoms with Gasteiger partial charge in [-0.05, 0) is 0 Å². The molecule has 0 aromatic rings. The first-order valence-corrected chi connectivity index (χ1v) is 0. The Labute approximate surface area is 104 Å². The summed E-state index contributed by atoms with van der Waals surface area (Å²) in [5.41, 5.74) is 0. The molecule has 0 heterocycles. The van der Waals surface area contributed by atoms with Crippen LogP contribution in [0.2, 0.25) is 0 Å². The third-order valence-corrected chi connectivity index (χ3v) is 0. The predicted molar refractivity (Wildman–Crippen MR) is 31.9 cm³/mol. The second-order valence-electron chi connectivity index (χ2n) is 0. The van der Waals surface area contributed by atoms with Crippen molar-refractivity contribution >= 4 is 107 Å². The molecule has 20 valence electrons. The topological polar surface area (TPSA) is 0 Å². The van der Waals surface area contributed by atoms with Gasteiger partial charge in [0.25, 0.3) is 0 Å². The van der Waals surface area contributed by atoms with Crippen molar-refractivity contribution in [3.05, 3.63) is 0 Å². The Kier molecular flexibility index (Phi) is 109. The van der Waals surface area contributed by atoms with Crippen LogP contribution in [0.1, 0.15) is 0 Å². The van der Waals surface area contributed by atoms with Gasteiger partial charge in [-0.3, -0.25) is 0 Å². The van der Waals surface area contributed by atoms with Crippen molar-refractivity contribution in [1.29, 1.82) is 0 Å². The molecular formula is H5ClKNaS. The molecule has 0 nitrogen and oxygen atoms in total. The normalized spacial score (nSPS) is 0. The first kappa shape index (κ1) is 26.7. The average Bonchev–Trinajstić information content (AvgIpc) is 0. The van der Waals surface area contributed by atoms with Crippen LogP contribution < -0.4 is 0 Å². The molecule has 0 aliphatic rings. The first-order valence-electron chi connectivity index (χ1n) is 0. The van der Waals surface area contributed by atoms with Gasteiger partial charge in [-0.2, -0.15) is 13.5 Å². The zero-order valence-electron chi connectivity index (χ0n) is 0.908. The van der Waals surface area contributed by atoms with E-state index in [1.807, 2.05) is 0 Å². The van der Waals surface area contributed by atoms with E-state index < -0.39 is 0 Å². The number of rotatable bonds is 0. The molecule has 4 heavy (non-hydrogen) atoms. The SMILES string of the molecule is Cl.S.[KH].[NaH]. The molecule has 0 aromatic heterocycles. The molecule has 0 amide bonds. The van der Waals surface area contributed by atoms with Crippen molar-refractivity contribution in [2.45, 2.75) is 0 Å². The van der Waals surface area contributed by atoms with E-state index >= 15 is 0 Å². The van der Waals surface area contributed by atoms with Crippen molar-refractivity contribution in [1.82, 2.24) is 0 Å². The predicted octanol–water partition coefficient (Wildman–Crippen LogP) is -0.762. The Hall–Kier alpha value is 3.28. The van der Waals surface area contributed by atoms with E-state index in [1.165, 1.54) is 0 Å². The van der Waals surface area contributed by atoms with Gasteiger partial charge in [-0.25, -0.2) is 0 Å². The summed E-state index contributed by atoms with van der Waals surface area (Å²) >= 11 is 0. The van der Waals surface area contributed by atoms with Crippen LogP contribution in [0, 0.1) is 0 Å². The molecule has 0 N–H and O–H groups in total. The maximum atomic E-state index is 0. The van der Waals surface area contributed by atoms with Gasteiger partial charge >= 0.3 is 80.9 Å². The molecule has 0 atom stereocenters. The molecule has 0 rings (SSSR count). The van der Waals surface area contributed by atoms with Crippen molar-refractivity contribution in [3.63, 3.8) is 0 Å². The van der Waals surface area contributed by atoms with Crippen LogP contribution in [0.25, 0.3) is 0 Å². The molecule has 0 spiro atoms. The monoisotopic (exact) mass is 134 g/mol. The molecule has 0 fully saturated rings. The van der Waals surface area contributed by atoms with Gasteiger partial charge in [0.1, 0.15) is 0 Å². The van der Waals surface area contributed by atoms with Crippen LogP contribution >= 0.6 is 25.9 Å². The van der Waals surface area contributed by atoms with Crippen LogP contribution in [-0.4, -0.2) is 80.9 Å². The molecule has 0 radical (unpaired) electrons. The summed E-state index contributed by atoms with van der Waals surface area (Å²) in [6.07, 6.45) is 0. The number of hydrogen-bond acceptors (Lipinski definition) is 0. The summed E-state index contributed by atoms with van der Waals surface area (Å²) in [7, 11) is 0. The summed E-state index contributed by atoms with van der Waals surface area (Å²) in [5, 5.41) is 0. The van der Waals surface area contributed by atoms with E-state index in [0.717, 1.165) is 0 Å². The Bertz CT molecular complexity index is 8.00. The molecule has 0 aliphatic heterocycles. The van der Waals surface area contributed by atoms with Crippen molar-refractivity contribution in [3.8, 4) is 0 Å². The molecule has 0 aliphatic carbocycles. The van der Waals surface area contributed by atoms with E-state index in [2.05, 4.69) is 0 Å². The summed E-state index contributed by atoms with van der Waals surface area (Å²) in [6, 6.07) is 0. The fraction of sp³-hybridized carbons (Fsp3) is 0. The Morgan fingerprint density at radius 2 is 1.00 bits per heavy atom. The fourth-order valence-corrected chi connectivity index (χ4v) is 0. The van der Waals surface area contributed by atoms with Gasteiger partial charge in [0.15, 0.2) is 0 Å². The minimum atomic E-state index is 0. The van der Waals surface area contributed by atoms with Gasteiger partial charge in [0.2, 0.25) is 0 Å². The molecule has 0 aromatic carbocycles. The molecule has 0 unspecified atom stereocenters. The summed E-state index contributed by atoms with van der Waals surface area (Å²) in [4.78, 5) is 0. The van der Waals surface area contributed by atoms with Crippen LogP contribution in [0.5, 0.6) is 0 Å². The number of halogens is 1. The maximum absolute atomic E-state index is 0. The molecule has 0 saturated carbocycles. The van der Waals surface area contributed by atoms with E-state index in [9.17, 15) is 0 Å². The van der Waals surface area contributed by atoms with E-state index in [4.69, 9.17) is 0 Å². The molecule has 0 saturated heterocycles. The summed E-state index contributed by atoms with van der Waals surface area (Å²) in [6.45, 7) is 0. The quantitative estimate of drug-likeness (QED) is 0.382. The molecule has 0 bridgehead atoms. The minimum absolute atomic E-state index is 0. The van der Waals surface area contributed by atoms with E-state index in [-0.39, 0.29) is 107 Å². The van der Waals surface area contributed by atoms with E-state index in [1.54, 1.807) is 0 Å².